The Labute approximate surface area is 127 Å². The average molecular weight is 290 g/mol. The van der Waals surface area contributed by atoms with Crippen LogP contribution in [-0.2, 0) is 11.2 Å². The van der Waals surface area contributed by atoms with Crippen LogP contribution in [0.4, 0.5) is 0 Å². The summed E-state index contributed by atoms with van der Waals surface area (Å²) in [6.45, 7) is 4.93. The molecule has 0 spiro atoms. The molecule has 0 bridgehead atoms. The maximum absolute atomic E-state index is 12.5. The number of nitrogens with one attached hydrogen (secondary N) is 1. The third-order valence-corrected chi connectivity index (χ3v) is 4.20. The van der Waals surface area contributed by atoms with Crippen molar-refractivity contribution >= 4 is 5.91 Å². The number of hydrogen-bond donors (Lipinski definition) is 1. The molecule has 21 heavy (non-hydrogen) atoms. The Balaban J connectivity index is 1.86. The van der Waals surface area contributed by atoms with Crippen molar-refractivity contribution in [3.8, 4) is 5.75 Å². The van der Waals surface area contributed by atoms with Crippen LogP contribution in [0, 0.1) is 0 Å². The molecule has 1 N–H and O–H groups in total. The van der Waals surface area contributed by atoms with Crippen molar-refractivity contribution in [1.29, 1.82) is 0 Å². The third kappa shape index (κ3) is 4.46. The average Bonchev–Trinajstić information content (AvgIpc) is 2.55. The normalized spacial score (nSPS) is 15.7. The largest absolute Gasteiger partial charge is 0.497 e. The van der Waals surface area contributed by atoms with E-state index in [9.17, 15) is 4.79 Å². The molecule has 1 aromatic carbocycles. The van der Waals surface area contributed by atoms with Crippen molar-refractivity contribution in [3.63, 3.8) is 0 Å². The quantitative estimate of drug-likeness (QED) is 0.873. The number of aryl methyl sites for hydroxylation is 1. The van der Waals surface area contributed by atoms with Gasteiger partial charge in [0.05, 0.1) is 7.11 Å². The molecule has 1 saturated heterocycles. The molecule has 1 aliphatic heterocycles. The molecular formula is C17H26N2O2. The second-order valence-electron chi connectivity index (χ2n) is 5.51. The van der Waals surface area contributed by atoms with Crippen LogP contribution in [0.3, 0.4) is 0 Å². The van der Waals surface area contributed by atoms with Gasteiger partial charge in [-0.15, -0.1) is 0 Å². The first-order valence-corrected chi connectivity index (χ1v) is 7.87. The van der Waals surface area contributed by atoms with Crippen molar-refractivity contribution < 1.29 is 9.53 Å². The van der Waals surface area contributed by atoms with Gasteiger partial charge in [0.2, 0.25) is 5.91 Å². The molecule has 0 aliphatic carbocycles. The number of benzene rings is 1. The first-order valence-electron chi connectivity index (χ1n) is 7.87. The predicted molar refractivity (Wildman–Crippen MR) is 84.6 cm³/mol. The summed E-state index contributed by atoms with van der Waals surface area (Å²) < 4.78 is 5.15. The maximum Gasteiger partial charge on any atom is 0.223 e. The van der Waals surface area contributed by atoms with Crippen LogP contribution in [0.5, 0.6) is 5.75 Å². The Bertz CT molecular complexity index is 439. The van der Waals surface area contributed by atoms with Gasteiger partial charge in [-0.1, -0.05) is 12.1 Å². The summed E-state index contributed by atoms with van der Waals surface area (Å²) >= 11 is 0. The van der Waals surface area contributed by atoms with Crippen LogP contribution in [0.1, 0.15) is 31.7 Å². The van der Waals surface area contributed by atoms with E-state index in [0.717, 1.165) is 44.6 Å². The van der Waals surface area contributed by atoms with Gasteiger partial charge < -0.3 is 15.0 Å². The topological polar surface area (TPSA) is 41.6 Å². The molecule has 0 unspecified atom stereocenters. The highest BCUT2D eigenvalue weighted by atomic mass is 16.5. The number of ether oxygens (including phenoxy) is 1. The highest BCUT2D eigenvalue weighted by Crippen LogP contribution is 2.16. The summed E-state index contributed by atoms with van der Waals surface area (Å²) in [4.78, 5) is 14.5. The van der Waals surface area contributed by atoms with Crippen LogP contribution < -0.4 is 10.1 Å². The number of carbonyl (C=O) groups excluding carboxylic acids is 1. The van der Waals surface area contributed by atoms with Gasteiger partial charge >= 0.3 is 0 Å². The van der Waals surface area contributed by atoms with Gasteiger partial charge in [0.1, 0.15) is 5.75 Å². The summed E-state index contributed by atoms with van der Waals surface area (Å²) in [6.07, 6.45) is 3.53. The van der Waals surface area contributed by atoms with Crippen molar-refractivity contribution in [2.45, 2.75) is 38.6 Å². The SMILES string of the molecule is CCN(C(=O)CCc1ccc(OC)cc1)C1CCNCC1. The molecule has 4 heteroatoms. The lowest BCUT2D eigenvalue weighted by Crippen LogP contribution is -2.46. The fraction of sp³-hybridized carbons (Fsp3) is 0.588. The highest BCUT2D eigenvalue weighted by Gasteiger charge is 2.23. The van der Waals surface area contributed by atoms with Crippen molar-refractivity contribution in [2.75, 3.05) is 26.7 Å². The molecule has 116 valence electrons. The van der Waals surface area contributed by atoms with Crippen LogP contribution in [-0.4, -0.2) is 43.6 Å². The lowest BCUT2D eigenvalue weighted by atomic mass is 10.0. The molecule has 0 atom stereocenters. The Morgan fingerprint density at radius 2 is 1.95 bits per heavy atom. The molecule has 4 nitrogen and oxygen atoms in total. The van der Waals surface area contributed by atoms with Crippen molar-refractivity contribution in [2.24, 2.45) is 0 Å². The number of rotatable bonds is 6. The predicted octanol–water partition coefficient (Wildman–Crippen LogP) is 2.23. The molecular weight excluding hydrogens is 264 g/mol. The molecule has 0 aromatic heterocycles. The molecule has 1 aliphatic rings. The maximum atomic E-state index is 12.5. The van der Waals surface area contributed by atoms with Gasteiger partial charge in [0, 0.05) is 19.0 Å². The summed E-state index contributed by atoms with van der Waals surface area (Å²) in [7, 11) is 1.66. The Kier molecular flexibility index (Phi) is 6.05. The van der Waals surface area contributed by atoms with Gasteiger partial charge in [0.15, 0.2) is 0 Å². The van der Waals surface area contributed by atoms with E-state index < -0.39 is 0 Å². The molecule has 1 aromatic rings. The Hall–Kier alpha value is -1.55. The van der Waals surface area contributed by atoms with E-state index in [2.05, 4.69) is 17.1 Å². The first kappa shape index (κ1) is 15.8. The minimum absolute atomic E-state index is 0.278. The molecule has 1 amide bonds. The lowest BCUT2D eigenvalue weighted by molar-refractivity contribution is -0.133. The zero-order valence-electron chi connectivity index (χ0n) is 13.1. The van der Waals surface area contributed by atoms with Crippen molar-refractivity contribution in [3.05, 3.63) is 29.8 Å². The van der Waals surface area contributed by atoms with Crippen LogP contribution in [0.25, 0.3) is 0 Å². The van der Waals surface area contributed by atoms with E-state index in [1.807, 2.05) is 24.3 Å². The van der Waals surface area contributed by atoms with E-state index in [4.69, 9.17) is 4.74 Å². The van der Waals surface area contributed by atoms with Gasteiger partial charge in [-0.3, -0.25) is 4.79 Å². The lowest BCUT2D eigenvalue weighted by Gasteiger charge is -2.34. The van der Waals surface area contributed by atoms with Crippen LogP contribution in [0.2, 0.25) is 0 Å². The minimum Gasteiger partial charge on any atom is -0.497 e. The smallest absolute Gasteiger partial charge is 0.223 e. The van der Waals surface area contributed by atoms with E-state index in [1.54, 1.807) is 7.11 Å². The third-order valence-electron chi connectivity index (χ3n) is 4.20. The Morgan fingerprint density at radius 3 is 2.52 bits per heavy atom. The number of hydrogen-bond acceptors (Lipinski definition) is 3. The fourth-order valence-corrected chi connectivity index (χ4v) is 2.94. The van der Waals surface area contributed by atoms with Crippen LogP contribution in [0.15, 0.2) is 24.3 Å². The van der Waals surface area contributed by atoms with Crippen LogP contribution >= 0.6 is 0 Å². The molecule has 1 heterocycles. The second kappa shape index (κ2) is 8.03. The number of carbonyl (C=O) groups is 1. The van der Waals surface area contributed by atoms with E-state index in [1.165, 1.54) is 5.56 Å². The summed E-state index contributed by atoms with van der Waals surface area (Å²) in [5, 5.41) is 3.35. The molecule has 1 fully saturated rings. The molecule has 0 saturated carbocycles. The zero-order valence-corrected chi connectivity index (χ0v) is 13.1. The van der Waals surface area contributed by atoms with E-state index >= 15 is 0 Å². The monoisotopic (exact) mass is 290 g/mol. The molecule has 2 rings (SSSR count). The van der Waals surface area contributed by atoms with E-state index in [0.29, 0.717) is 12.5 Å². The van der Waals surface area contributed by atoms with Gasteiger partial charge in [-0.2, -0.15) is 0 Å². The summed E-state index contributed by atoms with van der Waals surface area (Å²) in [5.41, 5.74) is 1.19. The first-order chi connectivity index (χ1) is 10.2. The number of nitrogens with zero attached hydrogens (tertiary/aromatic N) is 1. The van der Waals surface area contributed by atoms with Gasteiger partial charge in [-0.05, 0) is 57.0 Å². The number of amides is 1. The fourth-order valence-electron chi connectivity index (χ4n) is 2.94. The van der Waals surface area contributed by atoms with Crippen molar-refractivity contribution in [1.82, 2.24) is 10.2 Å². The molecule has 0 radical (unpaired) electrons. The minimum atomic E-state index is 0.278. The van der Waals surface area contributed by atoms with Gasteiger partial charge in [0.25, 0.3) is 0 Å². The zero-order chi connectivity index (χ0) is 15.1. The highest BCUT2D eigenvalue weighted by molar-refractivity contribution is 5.76. The second-order valence-corrected chi connectivity index (χ2v) is 5.51. The standard InChI is InChI=1S/C17H26N2O2/c1-3-19(15-10-12-18-13-11-15)17(20)9-6-14-4-7-16(21-2)8-5-14/h4-5,7-8,15,18H,3,6,9-13H2,1-2H3. The number of piperidine rings is 1. The van der Waals surface area contributed by atoms with E-state index in [-0.39, 0.29) is 5.91 Å². The van der Waals surface area contributed by atoms with Gasteiger partial charge in [-0.25, -0.2) is 0 Å². The summed E-state index contributed by atoms with van der Waals surface area (Å²) in [5.74, 6) is 1.13. The summed E-state index contributed by atoms with van der Waals surface area (Å²) in [6, 6.07) is 8.38. The number of methoxy groups -OCH3 is 1. The Morgan fingerprint density at radius 1 is 1.29 bits per heavy atom.